The molecule has 3 rings (SSSR count). The van der Waals surface area contributed by atoms with Crippen LogP contribution in [0.4, 0.5) is 15.8 Å². The average Bonchev–Trinajstić information content (AvgIpc) is 2.63. The smallest absolute Gasteiger partial charge is 0.314 e. The van der Waals surface area contributed by atoms with Crippen LogP contribution >= 0.6 is 0 Å². The van der Waals surface area contributed by atoms with Crippen LogP contribution in [-0.2, 0) is 19.1 Å². The Morgan fingerprint density at radius 1 is 1.21 bits per heavy atom. The van der Waals surface area contributed by atoms with Crippen molar-refractivity contribution in [2.24, 2.45) is 0 Å². The number of rotatable bonds is 4. The summed E-state index contributed by atoms with van der Waals surface area (Å²) in [6, 6.07) is 9.44. The summed E-state index contributed by atoms with van der Waals surface area (Å²) in [5.41, 5.74) is 3.17. The number of hydrogen-bond donors (Lipinski definition) is 2. The summed E-state index contributed by atoms with van der Waals surface area (Å²) in [4.78, 5) is 37.0. The lowest BCUT2D eigenvalue weighted by Crippen LogP contribution is -2.34. The molecule has 0 unspecified atom stereocenters. The Morgan fingerprint density at radius 2 is 1.89 bits per heavy atom. The molecule has 1 heterocycles. The third-order valence-electron chi connectivity index (χ3n) is 4.73. The van der Waals surface area contributed by atoms with E-state index < -0.39 is 35.6 Å². The summed E-state index contributed by atoms with van der Waals surface area (Å²) in [6.45, 7) is 5.21. The number of aryl methyl sites for hydroxylation is 2. The molecule has 2 amide bonds. The Labute approximate surface area is 162 Å². The predicted octanol–water partition coefficient (Wildman–Crippen LogP) is 3.44. The second-order valence-corrected chi connectivity index (χ2v) is 6.87. The molecule has 0 bridgehead atoms. The Hall–Kier alpha value is -3.22. The van der Waals surface area contributed by atoms with Gasteiger partial charge in [0.15, 0.2) is 6.10 Å². The van der Waals surface area contributed by atoms with Crippen LogP contribution in [0.25, 0.3) is 0 Å². The van der Waals surface area contributed by atoms with Crippen LogP contribution < -0.4 is 10.6 Å². The van der Waals surface area contributed by atoms with Gasteiger partial charge < -0.3 is 15.4 Å². The first-order valence-corrected chi connectivity index (χ1v) is 8.93. The fourth-order valence-electron chi connectivity index (χ4n) is 3.19. The molecule has 1 aliphatic rings. The van der Waals surface area contributed by atoms with Crippen LogP contribution in [0.1, 0.15) is 36.0 Å². The monoisotopic (exact) mass is 384 g/mol. The van der Waals surface area contributed by atoms with Gasteiger partial charge in [-0.25, -0.2) is 4.39 Å². The molecule has 2 atom stereocenters. The molecule has 2 aromatic rings. The zero-order valence-corrected chi connectivity index (χ0v) is 15.8. The van der Waals surface area contributed by atoms with E-state index in [-0.39, 0.29) is 12.1 Å². The second-order valence-electron chi connectivity index (χ2n) is 6.87. The van der Waals surface area contributed by atoms with Gasteiger partial charge in [-0.3, -0.25) is 14.4 Å². The topological polar surface area (TPSA) is 84.5 Å². The molecule has 0 aromatic heterocycles. The van der Waals surface area contributed by atoms with Crippen LogP contribution in [-0.4, -0.2) is 23.9 Å². The lowest BCUT2D eigenvalue weighted by molar-refractivity contribution is -0.155. The molecular formula is C21H21FN2O4. The number of ether oxygens (including phenoxy) is 1. The minimum atomic E-state index is -1.06. The molecule has 146 valence electrons. The third kappa shape index (κ3) is 4.03. The van der Waals surface area contributed by atoms with E-state index in [9.17, 15) is 18.8 Å². The minimum absolute atomic E-state index is 0.122. The van der Waals surface area contributed by atoms with Crippen molar-refractivity contribution in [3.8, 4) is 0 Å². The van der Waals surface area contributed by atoms with Gasteiger partial charge in [0.1, 0.15) is 5.82 Å². The molecule has 0 saturated heterocycles. The lowest BCUT2D eigenvalue weighted by atomic mass is 9.90. The summed E-state index contributed by atoms with van der Waals surface area (Å²) in [5.74, 6) is -2.99. The molecule has 0 saturated carbocycles. The average molecular weight is 384 g/mol. The zero-order chi connectivity index (χ0) is 20.4. The third-order valence-corrected chi connectivity index (χ3v) is 4.73. The number of esters is 1. The fraction of sp³-hybridized carbons (Fsp3) is 0.286. The Kier molecular flexibility index (Phi) is 5.44. The van der Waals surface area contributed by atoms with Gasteiger partial charge in [0, 0.05) is 17.8 Å². The Morgan fingerprint density at radius 3 is 2.57 bits per heavy atom. The highest BCUT2D eigenvalue weighted by Crippen LogP contribution is 2.34. The number of nitrogens with one attached hydrogen (secondary N) is 2. The van der Waals surface area contributed by atoms with E-state index in [1.54, 1.807) is 0 Å². The van der Waals surface area contributed by atoms with Crippen molar-refractivity contribution in [1.82, 2.24) is 0 Å². The number of anilines is 2. The molecule has 0 fully saturated rings. The molecule has 6 nitrogen and oxygen atoms in total. The minimum Gasteiger partial charge on any atom is -0.452 e. The van der Waals surface area contributed by atoms with Crippen LogP contribution in [0.5, 0.6) is 0 Å². The predicted molar refractivity (Wildman–Crippen MR) is 102 cm³/mol. The molecule has 0 aliphatic carbocycles. The second kappa shape index (κ2) is 7.80. The normalized spacial score (nSPS) is 16.6. The van der Waals surface area contributed by atoms with E-state index in [0.29, 0.717) is 11.3 Å². The van der Waals surface area contributed by atoms with Crippen molar-refractivity contribution in [2.45, 2.75) is 39.2 Å². The van der Waals surface area contributed by atoms with Gasteiger partial charge in [-0.2, -0.15) is 0 Å². The van der Waals surface area contributed by atoms with Gasteiger partial charge >= 0.3 is 5.97 Å². The molecular weight excluding hydrogens is 363 g/mol. The van der Waals surface area contributed by atoms with E-state index >= 15 is 0 Å². The van der Waals surface area contributed by atoms with Gasteiger partial charge in [0.05, 0.1) is 5.92 Å². The van der Waals surface area contributed by atoms with Gasteiger partial charge in [-0.15, -0.1) is 0 Å². The van der Waals surface area contributed by atoms with Crippen molar-refractivity contribution >= 4 is 29.2 Å². The molecule has 2 N–H and O–H groups in total. The largest absolute Gasteiger partial charge is 0.452 e. The van der Waals surface area contributed by atoms with Crippen molar-refractivity contribution in [2.75, 3.05) is 10.6 Å². The quantitative estimate of drug-likeness (QED) is 0.791. The van der Waals surface area contributed by atoms with Gasteiger partial charge in [-0.05, 0) is 49.6 Å². The first-order valence-electron chi connectivity index (χ1n) is 8.93. The Bertz CT molecular complexity index is 937. The summed E-state index contributed by atoms with van der Waals surface area (Å²) in [6.07, 6.45) is -1.18. The number of para-hydroxylation sites is 1. The number of amides is 2. The van der Waals surface area contributed by atoms with Gasteiger partial charge in [-0.1, -0.05) is 24.3 Å². The highest BCUT2D eigenvalue weighted by atomic mass is 19.1. The first kappa shape index (κ1) is 19.5. The molecule has 2 aromatic carbocycles. The standard InChI is InChI=1S/C21H21FN2O4/c1-11-5-4-6-12(2)19(11)24-20(26)13(3)28-21(27)16-10-18(25)23-17-9-14(22)7-8-15(16)17/h4-9,13,16H,10H2,1-3H3,(H,23,25)(H,24,26)/t13-,16+/m0/s1. The summed E-state index contributed by atoms with van der Waals surface area (Å²) < 4.78 is 18.7. The maximum absolute atomic E-state index is 13.4. The van der Waals surface area contributed by atoms with E-state index in [1.807, 2.05) is 32.0 Å². The van der Waals surface area contributed by atoms with Crippen molar-refractivity contribution in [3.05, 3.63) is 58.9 Å². The van der Waals surface area contributed by atoms with Crippen LogP contribution in [0.15, 0.2) is 36.4 Å². The number of benzene rings is 2. The summed E-state index contributed by atoms with van der Waals surface area (Å²) in [7, 11) is 0. The first-order chi connectivity index (χ1) is 13.3. The van der Waals surface area contributed by atoms with E-state index in [4.69, 9.17) is 4.74 Å². The van der Waals surface area contributed by atoms with Crippen molar-refractivity contribution in [3.63, 3.8) is 0 Å². The molecule has 28 heavy (non-hydrogen) atoms. The molecule has 7 heteroatoms. The summed E-state index contributed by atoms with van der Waals surface area (Å²) >= 11 is 0. The maximum Gasteiger partial charge on any atom is 0.314 e. The van der Waals surface area contributed by atoms with E-state index in [1.165, 1.54) is 19.1 Å². The van der Waals surface area contributed by atoms with Gasteiger partial charge in [0.2, 0.25) is 5.91 Å². The van der Waals surface area contributed by atoms with Crippen molar-refractivity contribution < 1.29 is 23.5 Å². The molecule has 0 radical (unpaired) electrons. The van der Waals surface area contributed by atoms with Crippen molar-refractivity contribution in [1.29, 1.82) is 0 Å². The Balaban J connectivity index is 1.72. The lowest BCUT2D eigenvalue weighted by Gasteiger charge is -2.25. The number of fused-ring (bicyclic) bond motifs is 1. The number of carbonyl (C=O) groups excluding carboxylic acids is 3. The van der Waals surface area contributed by atoms with Crippen LogP contribution in [0.3, 0.4) is 0 Å². The number of halogens is 1. The van der Waals surface area contributed by atoms with E-state index in [0.717, 1.165) is 17.2 Å². The fourth-order valence-corrected chi connectivity index (χ4v) is 3.19. The molecule has 1 aliphatic heterocycles. The number of hydrogen-bond acceptors (Lipinski definition) is 4. The SMILES string of the molecule is Cc1cccc(C)c1NC(=O)[C@H](C)OC(=O)[C@@H]1CC(=O)Nc2cc(F)ccc21. The van der Waals surface area contributed by atoms with Gasteiger partial charge in [0.25, 0.3) is 5.91 Å². The summed E-state index contributed by atoms with van der Waals surface area (Å²) in [5, 5.41) is 5.32. The van der Waals surface area contributed by atoms with Crippen LogP contribution in [0.2, 0.25) is 0 Å². The number of carbonyl (C=O) groups is 3. The van der Waals surface area contributed by atoms with Crippen LogP contribution in [0, 0.1) is 19.7 Å². The highest BCUT2D eigenvalue weighted by Gasteiger charge is 2.34. The maximum atomic E-state index is 13.4. The van der Waals surface area contributed by atoms with E-state index in [2.05, 4.69) is 10.6 Å². The molecule has 0 spiro atoms. The zero-order valence-electron chi connectivity index (χ0n) is 15.8. The highest BCUT2D eigenvalue weighted by molar-refractivity contribution is 6.01.